The Kier molecular flexibility index (Phi) is 2.63. The molecule has 0 saturated carbocycles. The standard InChI is InChI=1S/C12H8BrN3O3/c1-6-2-4-8(19-6)7-3-5-9-14-10(12(17)18)11(13)16(9)15-7/h2-5H,1H3,(H,17,18). The van der Waals surface area contributed by atoms with Crippen molar-refractivity contribution in [1.82, 2.24) is 14.6 Å². The molecule has 0 bridgehead atoms. The highest BCUT2D eigenvalue weighted by atomic mass is 79.9. The number of imidazole rings is 1. The Hall–Kier alpha value is -2.15. The molecule has 3 aromatic rings. The van der Waals surface area contributed by atoms with Crippen molar-refractivity contribution in [2.45, 2.75) is 6.92 Å². The Labute approximate surface area is 115 Å². The maximum Gasteiger partial charge on any atom is 0.357 e. The molecular formula is C12H8BrN3O3. The lowest BCUT2D eigenvalue weighted by molar-refractivity contribution is 0.0690. The third-order valence-corrected chi connectivity index (χ3v) is 3.33. The van der Waals surface area contributed by atoms with Crippen LogP contribution in [0.25, 0.3) is 17.1 Å². The summed E-state index contributed by atoms with van der Waals surface area (Å²) in [6.07, 6.45) is 0. The molecule has 3 rings (SSSR count). The van der Waals surface area contributed by atoms with Crippen LogP contribution in [0.5, 0.6) is 0 Å². The fourth-order valence-electron chi connectivity index (χ4n) is 1.75. The van der Waals surface area contributed by atoms with E-state index in [9.17, 15) is 4.79 Å². The molecule has 0 aliphatic heterocycles. The molecule has 7 heteroatoms. The Balaban J connectivity index is 2.20. The summed E-state index contributed by atoms with van der Waals surface area (Å²) in [5.41, 5.74) is 0.993. The number of fused-ring (bicyclic) bond motifs is 1. The molecule has 0 aliphatic carbocycles. The summed E-state index contributed by atoms with van der Waals surface area (Å²) in [5.74, 6) is 0.303. The van der Waals surface area contributed by atoms with Crippen LogP contribution in [0.1, 0.15) is 16.2 Å². The van der Waals surface area contributed by atoms with E-state index in [0.717, 1.165) is 5.76 Å². The van der Waals surface area contributed by atoms with Crippen LogP contribution in [-0.2, 0) is 0 Å². The summed E-state index contributed by atoms with van der Waals surface area (Å²) in [6, 6.07) is 7.08. The first-order valence-corrected chi connectivity index (χ1v) is 6.21. The van der Waals surface area contributed by atoms with E-state index in [1.165, 1.54) is 4.52 Å². The van der Waals surface area contributed by atoms with Crippen LogP contribution in [0, 0.1) is 6.92 Å². The fourth-order valence-corrected chi connectivity index (χ4v) is 2.27. The first-order chi connectivity index (χ1) is 9.06. The average Bonchev–Trinajstić information content (AvgIpc) is 2.94. The third-order valence-electron chi connectivity index (χ3n) is 2.62. The van der Waals surface area contributed by atoms with Gasteiger partial charge in [-0.1, -0.05) is 0 Å². The summed E-state index contributed by atoms with van der Waals surface area (Å²) in [4.78, 5) is 15.0. The lowest BCUT2D eigenvalue weighted by Crippen LogP contribution is -1.98. The minimum atomic E-state index is -1.10. The fraction of sp³-hybridized carbons (Fsp3) is 0.0833. The van der Waals surface area contributed by atoms with Crippen molar-refractivity contribution in [2.24, 2.45) is 0 Å². The lowest BCUT2D eigenvalue weighted by Gasteiger charge is -1.98. The number of carboxylic acids is 1. The van der Waals surface area contributed by atoms with Gasteiger partial charge >= 0.3 is 5.97 Å². The molecule has 0 atom stereocenters. The summed E-state index contributed by atoms with van der Waals surface area (Å²) in [6.45, 7) is 1.84. The number of hydrogen-bond acceptors (Lipinski definition) is 4. The number of halogens is 1. The van der Waals surface area contributed by atoms with Gasteiger partial charge in [0.2, 0.25) is 0 Å². The molecule has 6 nitrogen and oxygen atoms in total. The summed E-state index contributed by atoms with van der Waals surface area (Å²) < 4.78 is 7.22. The summed E-state index contributed by atoms with van der Waals surface area (Å²) in [7, 11) is 0. The van der Waals surface area contributed by atoms with Gasteiger partial charge in [-0.15, -0.1) is 0 Å². The first kappa shape index (κ1) is 11.9. The van der Waals surface area contributed by atoms with Crippen molar-refractivity contribution < 1.29 is 14.3 Å². The minimum Gasteiger partial charge on any atom is -0.476 e. The molecule has 1 N–H and O–H groups in total. The number of rotatable bonds is 2. The van der Waals surface area contributed by atoms with E-state index in [4.69, 9.17) is 9.52 Å². The number of carbonyl (C=O) groups is 1. The second kappa shape index (κ2) is 4.20. The van der Waals surface area contributed by atoms with Crippen molar-refractivity contribution in [3.8, 4) is 11.5 Å². The Morgan fingerprint density at radius 1 is 1.37 bits per heavy atom. The van der Waals surface area contributed by atoms with Crippen molar-refractivity contribution in [3.63, 3.8) is 0 Å². The van der Waals surface area contributed by atoms with Gasteiger partial charge in [-0.2, -0.15) is 5.10 Å². The van der Waals surface area contributed by atoms with Crippen molar-refractivity contribution in [3.05, 3.63) is 40.3 Å². The zero-order chi connectivity index (χ0) is 13.6. The normalized spacial score (nSPS) is 11.1. The molecule has 0 fully saturated rings. The molecule has 0 amide bonds. The number of nitrogens with zero attached hydrogens (tertiary/aromatic N) is 3. The molecule has 0 spiro atoms. The van der Waals surface area contributed by atoms with Gasteiger partial charge in [0.05, 0.1) is 0 Å². The molecule has 0 aromatic carbocycles. The number of aryl methyl sites for hydroxylation is 1. The van der Waals surface area contributed by atoms with Gasteiger partial charge in [-0.25, -0.2) is 14.3 Å². The maximum absolute atomic E-state index is 11.0. The van der Waals surface area contributed by atoms with Crippen LogP contribution in [-0.4, -0.2) is 25.7 Å². The second-order valence-corrected chi connectivity index (χ2v) is 4.71. The van der Waals surface area contributed by atoms with Gasteiger partial charge in [0.1, 0.15) is 16.1 Å². The molecule has 0 aliphatic rings. The van der Waals surface area contributed by atoms with Crippen LogP contribution >= 0.6 is 15.9 Å². The van der Waals surface area contributed by atoms with E-state index < -0.39 is 5.97 Å². The van der Waals surface area contributed by atoms with Crippen LogP contribution < -0.4 is 0 Å². The maximum atomic E-state index is 11.0. The van der Waals surface area contributed by atoms with Crippen LogP contribution in [0.3, 0.4) is 0 Å². The van der Waals surface area contributed by atoms with E-state index in [1.54, 1.807) is 12.1 Å². The minimum absolute atomic E-state index is 0.0692. The lowest BCUT2D eigenvalue weighted by atomic mass is 10.3. The van der Waals surface area contributed by atoms with E-state index in [1.807, 2.05) is 19.1 Å². The van der Waals surface area contributed by atoms with Gasteiger partial charge in [0.15, 0.2) is 17.1 Å². The predicted molar refractivity (Wildman–Crippen MR) is 70.1 cm³/mol. The highest BCUT2D eigenvalue weighted by molar-refractivity contribution is 9.10. The van der Waals surface area contributed by atoms with Gasteiger partial charge in [-0.05, 0) is 47.1 Å². The first-order valence-electron chi connectivity index (χ1n) is 5.41. The Morgan fingerprint density at radius 2 is 2.16 bits per heavy atom. The Morgan fingerprint density at radius 3 is 2.79 bits per heavy atom. The predicted octanol–water partition coefficient (Wildman–Crippen LogP) is 2.76. The molecule has 3 heterocycles. The van der Waals surface area contributed by atoms with Crippen LogP contribution in [0.4, 0.5) is 0 Å². The molecule has 19 heavy (non-hydrogen) atoms. The van der Waals surface area contributed by atoms with E-state index in [-0.39, 0.29) is 5.69 Å². The smallest absolute Gasteiger partial charge is 0.357 e. The highest BCUT2D eigenvalue weighted by Gasteiger charge is 2.17. The second-order valence-electron chi connectivity index (χ2n) is 3.96. The SMILES string of the molecule is Cc1ccc(-c2ccc3nc(C(=O)O)c(Br)n3n2)o1. The van der Waals surface area contributed by atoms with Gasteiger partial charge in [0, 0.05) is 0 Å². The zero-order valence-corrected chi connectivity index (χ0v) is 11.4. The largest absolute Gasteiger partial charge is 0.476 e. The summed E-state index contributed by atoms with van der Waals surface area (Å²) >= 11 is 3.19. The Bertz CT molecular complexity index is 791. The third kappa shape index (κ3) is 1.91. The van der Waals surface area contributed by atoms with Crippen molar-refractivity contribution in [1.29, 1.82) is 0 Å². The zero-order valence-electron chi connectivity index (χ0n) is 9.79. The van der Waals surface area contributed by atoms with Gasteiger partial charge < -0.3 is 9.52 Å². The molecule has 0 unspecified atom stereocenters. The van der Waals surface area contributed by atoms with Crippen LogP contribution in [0.15, 0.2) is 33.3 Å². The highest BCUT2D eigenvalue weighted by Crippen LogP contribution is 2.23. The topological polar surface area (TPSA) is 80.6 Å². The van der Waals surface area contributed by atoms with Crippen LogP contribution in [0.2, 0.25) is 0 Å². The van der Waals surface area contributed by atoms with Crippen molar-refractivity contribution in [2.75, 3.05) is 0 Å². The number of furan rings is 1. The average molecular weight is 322 g/mol. The van der Waals surface area contributed by atoms with Gasteiger partial charge in [-0.3, -0.25) is 0 Å². The molecular weight excluding hydrogens is 314 g/mol. The van der Waals surface area contributed by atoms with Crippen molar-refractivity contribution >= 4 is 27.5 Å². The van der Waals surface area contributed by atoms with Gasteiger partial charge in [0.25, 0.3) is 0 Å². The number of carboxylic acid groups (broad SMARTS) is 1. The molecule has 3 aromatic heterocycles. The van der Waals surface area contributed by atoms with E-state index in [0.29, 0.717) is 21.7 Å². The van der Waals surface area contributed by atoms with E-state index in [2.05, 4.69) is 26.0 Å². The monoisotopic (exact) mass is 321 g/mol. The quantitative estimate of drug-likeness (QED) is 0.785. The number of hydrogen-bond donors (Lipinski definition) is 1. The number of aromatic nitrogens is 3. The molecule has 0 radical (unpaired) electrons. The summed E-state index contributed by atoms with van der Waals surface area (Å²) in [5, 5.41) is 13.3. The van der Waals surface area contributed by atoms with E-state index >= 15 is 0 Å². The molecule has 0 saturated heterocycles. The number of aromatic carboxylic acids is 1. The molecule has 96 valence electrons.